The van der Waals surface area contributed by atoms with E-state index in [1.54, 1.807) is 30.3 Å². The maximum atomic E-state index is 12.5. The van der Waals surface area contributed by atoms with Crippen LogP contribution in [0.15, 0.2) is 45.9 Å². The van der Waals surface area contributed by atoms with Crippen LogP contribution in [0, 0.1) is 0 Å². The van der Waals surface area contributed by atoms with Crippen molar-refractivity contribution >= 4 is 34.9 Å². The first-order chi connectivity index (χ1) is 13.5. The SMILES string of the molecule is COc1ccc(/C=C2\SC(=O)N(CCNC(=O)c3ccco3)C2=O)cc1OC. The molecule has 0 spiro atoms. The fourth-order valence-corrected chi connectivity index (χ4v) is 3.43. The molecule has 146 valence electrons. The average Bonchev–Trinajstić information content (AvgIpc) is 3.32. The minimum Gasteiger partial charge on any atom is -0.493 e. The molecule has 0 aliphatic carbocycles. The number of nitrogens with one attached hydrogen (secondary N) is 1. The fraction of sp³-hybridized carbons (Fsp3) is 0.211. The van der Waals surface area contributed by atoms with Gasteiger partial charge in [0.05, 0.1) is 25.4 Å². The molecule has 1 aliphatic rings. The third-order valence-corrected chi connectivity index (χ3v) is 4.85. The summed E-state index contributed by atoms with van der Waals surface area (Å²) in [7, 11) is 3.06. The van der Waals surface area contributed by atoms with Crippen LogP contribution < -0.4 is 14.8 Å². The Morgan fingerprint density at radius 2 is 2.00 bits per heavy atom. The van der Waals surface area contributed by atoms with Gasteiger partial charge in [-0.1, -0.05) is 6.07 Å². The van der Waals surface area contributed by atoms with Crippen molar-refractivity contribution in [2.24, 2.45) is 0 Å². The van der Waals surface area contributed by atoms with E-state index in [0.717, 1.165) is 16.7 Å². The van der Waals surface area contributed by atoms with Crippen LogP contribution in [-0.4, -0.2) is 49.3 Å². The summed E-state index contributed by atoms with van der Waals surface area (Å²) in [6.45, 7) is 0.196. The molecule has 8 nitrogen and oxygen atoms in total. The summed E-state index contributed by atoms with van der Waals surface area (Å²) in [6, 6.07) is 8.33. The van der Waals surface area contributed by atoms with Crippen LogP contribution in [0.4, 0.5) is 4.79 Å². The Hall–Kier alpha value is -3.20. The number of carbonyl (C=O) groups excluding carboxylic acids is 3. The van der Waals surface area contributed by atoms with E-state index >= 15 is 0 Å². The van der Waals surface area contributed by atoms with E-state index in [2.05, 4.69) is 5.32 Å². The highest BCUT2D eigenvalue weighted by atomic mass is 32.2. The molecule has 1 aromatic heterocycles. The smallest absolute Gasteiger partial charge is 0.293 e. The van der Waals surface area contributed by atoms with Crippen molar-refractivity contribution in [2.45, 2.75) is 0 Å². The number of methoxy groups -OCH3 is 2. The summed E-state index contributed by atoms with van der Waals surface area (Å²) in [4.78, 5) is 37.9. The van der Waals surface area contributed by atoms with E-state index in [4.69, 9.17) is 13.9 Å². The Kier molecular flexibility index (Phi) is 6.05. The maximum absolute atomic E-state index is 12.5. The minimum atomic E-state index is -0.406. The first kappa shape index (κ1) is 19.6. The normalized spacial score (nSPS) is 15.2. The molecule has 2 heterocycles. The van der Waals surface area contributed by atoms with E-state index in [0.29, 0.717) is 22.0 Å². The molecule has 0 bridgehead atoms. The predicted octanol–water partition coefficient (Wildman–Crippen LogP) is 2.76. The molecule has 3 rings (SSSR count). The number of thioether (sulfide) groups is 1. The molecule has 1 N–H and O–H groups in total. The van der Waals surface area contributed by atoms with Gasteiger partial charge >= 0.3 is 0 Å². The van der Waals surface area contributed by atoms with Crippen molar-refractivity contribution in [3.63, 3.8) is 0 Å². The number of furan rings is 1. The number of carbonyl (C=O) groups is 3. The average molecular weight is 402 g/mol. The Bertz CT molecular complexity index is 923. The van der Waals surface area contributed by atoms with E-state index in [1.807, 2.05) is 0 Å². The number of imide groups is 1. The summed E-state index contributed by atoms with van der Waals surface area (Å²) in [6.07, 6.45) is 3.01. The fourth-order valence-electron chi connectivity index (χ4n) is 2.56. The van der Waals surface area contributed by atoms with Gasteiger partial charge in [-0.05, 0) is 47.7 Å². The van der Waals surface area contributed by atoms with Crippen LogP contribution in [0.5, 0.6) is 11.5 Å². The quantitative estimate of drug-likeness (QED) is 0.711. The standard InChI is InChI=1S/C19H18N2O6S/c1-25-13-6-5-12(10-15(13)26-2)11-16-18(23)21(19(24)28-16)8-7-20-17(22)14-4-3-9-27-14/h3-6,9-11H,7-8H2,1-2H3,(H,20,22)/b16-11-. The number of rotatable bonds is 7. The van der Waals surface area contributed by atoms with Gasteiger partial charge in [-0.2, -0.15) is 0 Å². The van der Waals surface area contributed by atoms with Gasteiger partial charge in [0.2, 0.25) is 0 Å². The summed E-state index contributed by atoms with van der Waals surface area (Å²) in [5.41, 5.74) is 0.703. The lowest BCUT2D eigenvalue weighted by molar-refractivity contribution is -0.122. The van der Waals surface area contributed by atoms with E-state index in [-0.39, 0.29) is 24.1 Å². The topological polar surface area (TPSA) is 98.1 Å². The van der Waals surface area contributed by atoms with Crippen molar-refractivity contribution < 1.29 is 28.3 Å². The van der Waals surface area contributed by atoms with Crippen LogP contribution in [0.3, 0.4) is 0 Å². The second-order valence-electron chi connectivity index (χ2n) is 5.68. The molecule has 0 atom stereocenters. The van der Waals surface area contributed by atoms with E-state index in [1.165, 1.54) is 26.5 Å². The van der Waals surface area contributed by atoms with Gasteiger partial charge < -0.3 is 19.2 Å². The van der Waals surface area contributed by atoms with Gasteiger partial charge in [-0.3, -0.25) is 19.3 Å². The lowest BCUT2D eigenvalue weighted by Gasteiger charge is -2.12. The molecule has 28 heavy (non-hydrogen) atoms. The molecule has 1 aromatic carbocycles. The largest absolute Gasteiger partial charge is 0.493 e. The molecule has 1 fully saturated rings. The molecular weight excluding hydrogens is 384 g/mol. The second kappa shape index (κ2) is 8.66. The molecule has 2 aromatic rings. The highest BCUT2D eigenvalue weighted by Crippen LogP contribution is 2.34. The van der Waals surface area contributed by atoms with Crippen LogP contribution in [0.1, 0.15) is 16.1 Å². The number of ether oxygens (including phenoxy) is 2. The molecule has 0 unspecified atom stereocenters. The molecule has 9 heteroatoms. The Balaban J connectivity index is 1.64. The van der Waals surface area contributed by atoms with Crippen LogP contribution >= 0.6 is 11.8 Å². The van der Waals surface area contributed by atoms with E-state index < -0.39 is 11.8 Å². The monoisotopic (exact) mass is 402 g/mol. The van der Waals surface area contributed by atoms with Crippen molar-refractivity contribution in [1.82, 2.24) is 10.2 Å². The zero-order valence-electron chi connectivity index (χ0n) is 15.3. The minimum absolute atomic E-state index is 0.0698. The van der Waals surface area contributed by atoms with Gasteiger partial charge in [-0.25, -0.2) is 0 Å². The number of hydrogen-bond donors (Lipinski definition) is 1. The molecule has 0 saturated carbocycles. The Labute approximate surface area is 165 Å². The van der Waals surface area contributed by atoms with Gasteiger partial charge in [-0.15, -0.1) is 0 Å². The molecule has 3 amide bonds. The van der Waals surface area contributed by atoms with Crippen molar-refractivity contribution in [1.29, 1.82) is 0 Å². The van der Waals surface area contributed by atoms with Gasteiger partial charge in [0.15, 0.2) is 17.3 Å². The van der Waals surface area contributed by atoms with Gasteiger partial charge in [0, 0.05) is 13.1 Å². The maximum Gasteiger partial charge on any atom is 0.293 e. The zero-order chi connectivity index (χ0) is 20.1. The van der Waals surface area contributed by atoms with E-state index in [9.17, 15) is 14.4 Å². The van der Waals surface area contributed by atoms with Crippen molar-refractivity contribution in [3.05, 3.63) is 52.8 Å². The predicted molar refractivity (Wildman–Crippen MR) is 103 cm³/mol. The van der Waals surface area contributed by atoms with Crippen molar-refractivity contribution in [3.8, 4) is 11.5 Å². The number of benzene rings is 1. The Morgan fingerprint density at radius 3 is 2.68 bits per heavy atom. The van der Waals surface area contributed by atoms with Crippen LogP contribution in [-0.2, 0) is 4.79 Å². The molecule has 0 radical (unpaired) electrons. The van der Waals surface area contributed by atoms with Crippen molar-refractivity contribution in [2.75, 3.05) is 27.3 Å². The summed E-state index contributed by atoms with van der Waals surface area (Å²) in [5, 5.41) is 2.22. The zero-order valence-corrected chi connectivity index (χ0v) is 16.1. The number of nitrogens with zero attached hydrogens (tertiary/aromatic N) is 1. The molecule has 1 aliphatic heterocycles. The number of hydrogen-bond acceptors (Lipinski definition) is 7. The first-order valence-corrected chi connectivity index (χ1v) is 9.14. The lowest BCUT2D eigenvalue weighted by Crippen LogP contribution is -2.37. The third kappa shape index (κ3) is 4.20. The molecule has 1 saturated heterocycles. The lowest BCUT2D eigenvalue weighted by atomic mass is 10.2. The highest BCUT2D eigenvalue weighted by molar-refractivity contribution is 8.18. The number of amides is 3. The second-order valence-corrected chi connectivity index (χ2v) is 6.67. The third-order valence-electron chi connectivity index (χ3n) is 3.94. The molecular formula is C19H18N2O6S. The summed E-state index contributed by atoms with van der Waals surface area (Å²) in [5.74, 6) is 0.452. The van der Waals surface area contributed by atoms with Crippen LogP contribution in [0.2, 0.25) is 0 Å². The summed E-state index contributed by atoms with van der Waals surface area (Å²) >= 11 is 0.852. The first-order valence-electron chi connectivity index (χ1n) is 8.32. The summed E-state index contributed by atoms with van der Waals surface area (Å²) < 4.78 is 15.4. The highest BCUT2D eigenvalue weighted by Gasteiger charge is 2.34. The van der Waals surface area contributed by atoms with Gasteiger partial charge in [0.25, 0.3) is 17.1 Å². The Morgan fingerprint density at radius 1 is 1.21 bits per heavy atom. The van der Waals surface area contributed by atoms with Gasteiger partial charge in [0.1, 0.15) is 0 Å². The van der Waals surface area contributed by atoms with Crippen LogP contribution in [0.25, 0.3) is 6.08 Å².